The van der Waals surface area contributed by atoms with Gasteiger partial charge in [-0.1, -0.05) is 42.5 Å². The molecule has 2 aliphatic heterocycles. The third kappa shape index (κ3) is 5.63. The Bertz CT molecular complexity index is 919. The van der Waals surface area contributed by atoms with Gasteiger partial charge < -0.3 is 14.5 Å². The summed E-state index contributed by atoms with van der Waals surface area (Å²) in [5, 5.41) is 0. The summed E-state index contributed by atoms with van der Waals surface area (Å²) in [6.07, 6.45) is 3.91. The number of fused-ring (bicyclic) bond motifs is 2. The molecule has 0 saturated carbocycles. The summed E-state index contributed by atoms with van der Waals surface area (Å²) in [6, 6.07) is 25.6. The Labute approximate surface area is 191 Å². The first-order valence-electron chi connectivity index (χ1n) is 11.1. The van der Waals surface area contributed by atoms with Crippen LogP contribution in [0.4, 0.5) is 11.4 Å². The second-order valence-electron chi connectivity index (χ2n) is 8.09. The van der Waals surface area contributed by atoms with E-state index < -0.39 is 0 Å². The lowest BCUT2D eigenvalue weighted by Crippen LogP contribution is -2.21. The van der Waals surface area contributed by atoms with E-state index in [-0.39, 0.29) is 0 Å². The summed E-state index contributed by atoms with van der Waals surface area (Å²) in [5.41, 5.74) is 5.44. The number of thioether (sulfide) groups is 1. The van der Waals surface area contributed by atoms with Gasteiger partial charge in [-0.25, -0.2) is 0 Å². The van der Waals surface area contributed by atoms with Crippen molar-refractivity contribution in [1.29, 1.82) is 0 Å². The summed E-state index contributed by atoms with van der Waals surface area (Å²) >= 11 is 1.91. The number of para-hydroxylation sites is 2. The summed E-state index contributed by atoms with van der Waals surface area (Å²) in [5.74, 6) is 2.00. The summed E-state index contributed by atoms with van der Waals surface area (Å²) in [7, 11) is 3.85. The van der Waals surface area contributed by atoms with Crippen LogP contribution in [0.15, 0.2) is 77.7 Å². The molecule has 31 heavy (non-hydrogen) atoms. The second kappa shape index (κ2) is 10.7. The minimum absolute atomic E-state index is 0.944. The maximum Gasteiger partial charge on any atom is 0.118 e. The highest BCUT2D eigenvalue weighted by atomic mass is 32.2. The van der Waals surface area contributed by atoms with Crippen LogP contribution in [0.2, 0.25) is 0 Å². The minimum Gasteiger partial charge on any atom is -0.497 e. The molecular formula is C27H32N2OS. The molecule has 0 bridgehead atoms. The van der Waals surface area contributed by atoms with E-state index in [1.165, 1.54) is 59.9 Å². The van der Waals surface area contributed by atoms with Crippen molar-refractivity contribution in [3.63, 3.8) is 0 Å². The molecule has 3 aromatic rings. The number of likely N-dealkylation sites (tertiary alicyclic amines) is 1. The van der Waals surface area contributed by atoms with Crippen molar-refractivity contribution in [3.8, 4) is 5.75 Å². The van der Waals surface area contributed by atoms with Gasteiger partial charge in [-0.15, -0.1) is 11.8 Å². The van der Waals surface area contributed by atoms with Gasteiger partial charge in [-0.05, 0) is 73.8 Å². The van der Waals surface area contributed by atoms with Gasteiger partial charge >= 0.3 is 0 Å². The number of benzene rings is 3. The Morgan fingerprint density at radius 2 is 1.52 bits per heavy atom. The van der Waals surface area contributed by atoms with Crippen molar-refractivity contribution in [2.24, 2.45) is 0 Å². The highest BCUT2D eigenvalue weighted by Gasteiger charge is 2.16. The highest BCUT2D eigenvalue weighted by molar-refractivity contribution is 7.98. The van der Waals surface area contributed by atoms with Crippen molar-refractivity contribution in [1.82, 2.24) is 4.90 Å². The molecule has 2 heterocycles. The molecule has 1 fully saturated rings. The zero-order chi connectivity index (χ0) is 21.5. The number of nitrogens with zero attached hydrogens (tertiary/aromatic N) is 2. The van der Waals surface area contributed by atoms with Gasteiger partial charge in [0.1, 0.15) is 5.75 Å². The van der Waals surface area contributed by atoms with E-state index in [0.29, 0.717) is 0 Å². The maximum atomic E-state index is 5.14. The topological polar surface area (TPSA) is 15.7 Å². The van der Waals surface area contributed by atoms with Crippen LogP contribution >= 0.6 is 11.8 Å². The Balaban J connectivity index is 0.000000150. The van der Waals surface area contributed by atoms with E-state index in [4.69, 9.17) is 4.74 Å². The molecule has 1 saturated heterocycles. The molecule has 0 N–H and O–H groups in total. The van der Waals surface area contributed by atoms with Crippen LogP contribution in [0.1, 0.15) is 24.0 Å². The minimum atomic E-state index is 0.944. The maximum absolute atomic E-state index is 5.14. The van der Waals surface area contributed by atoms with E-state index >= 15 is 0 Å². The number of hydrogen-bond donors (Lipinski definition) is 0. The van der Waals surface area contributed by atoms with Gasteiger partial charge in [0.05, 0.1) is 12.8 Å². The Hall–Kier alpha value is -2.43. The monoisotopic (exact) mass is 432 g/mol. The molecule has 3 nitrogen and oxygen atoms in total. The smallest absolute Gasteiger partial charge is 0.118 e. The predicted molar refractivity (Wildman–Crippen MR) is 133 cm³/mol. The van der Waals surface area contributed by atoms with Crippen LogP contribution < -0.4 is 9.64 Å². The average Bonchev–Trinajstić information content (AvgIpc) is 3.31. The van der Waals surface area contributed by atoms with Gasteiger partial charge in [0.25, 0.3) is 0 Å². The van der Waals surface area contributed by atoms with Crippen molar-refractivity contribution < 1.29 is 4.74 Å². The number of hydrogen-bond acceptors (Lipinski definition) is 4. The van der Waals surface area contributed by atoms with Crippen LogP contribution in [-0.4, -0.2) is 38.7 Å². The fourth-order valence-corrected chi connectivity index (χ4v) is 5.27. The fraction of sp³-hybridized carbons (Fsp3) is 0.333. The van der Waals surface area contributed by atoms with Gasteiger partial charge in [0.15, 0.2) is 0 Å². The fourth-order valence-electron chi connectivity index (χ4n) is 4.19. The molecule has 0 aromatic heterocycles. The van der Waals surface area contributed by atoms with Crippen molar-refractivity contribution in [2.45, 2.75) is 29.9 Å². The normalized spacial score (nSPS) is 15.4. The van der Waals surface area contributed by atoms with Gasteiger partial charge in [0.2, 0.25) is 0 Å². The van der Waals surface area contributed by atoms with Gasteiger partial charge in [-0.3, -0.25) is 0 Å². The first-order valence-corrected chi connectivity index (χ1v) is 12.1. The highest BCUT2D eigenvalue weighted by Crippen LogP contribution is 2.41. The average molecular weight is 433 g/mol. The SMILES string of the molecule is CN1c2ccccc2CSc2ccccc21.COc1ccc(CCN2CCCC2)cc1. The van der Waals surface area contributed by atoms with Gasteiger partial charge in [-0.2, -0.15) is 0 Å². The Kier molecular flexibility index (Phi) is 7.55. The number of methoxy groups -OCH3 is 1. The molecule has 3 aromatic carbocycles. The first-order chi connectivity index (χ1) is 15.2. The lowest BCUT2D eigenvalue weighted by atomic mass is 10.1. The second-order valence-corrected chi connectivity index (χ2v) is 9.11. The first kappa shape index (κ1) is 21.8. The lowest BCUT2D eigenvalue weighted by molar-refractivity contribution is 0.343. The van der Waals surface area contributed by atoms with E-state index in [1.54, 1.807) is 7.11 Å². The van der Waals surface area contributed by atoms with E-state index in [0.717, 1.165) is 17.9 Å². The van der Waals surface area contributed by atoms with Crippen molar-refractivity contribution >= 4 is 23.1 Å². The van der Waals surface area contributed by atoms with Crippen LogP contribution in [-0.2, 0) is 12.2 Å². The standard InChI is InChI=1S/C14H13NS.C13H19NO/c1-15-12-7-3-2-6-11(12)10-16-14-9-5-4-8-13(14)15;1-15-13-6-4-12(5-7-13)8-11-14-9-2-3-10-14/h2-9H,10H2,1H3;4-7H,2-3,8-11H2,1H3. The Morgan fingerprint density at radius 3 is 2.26 bits per heavy atom. The Morgan fingerprint density at radius 1 is 0.839 bits per heavy atom. The molecule has 5 rings (SSSR count). The molecule has 0 amide bonds. The molecule has 0 atom stereocenters. The quantitative estimate of drug-likeness (QED) is 0.474. The zero-order valence-electron chi connectivity index (χ0n) is 18.6. The molecular weight excluding hydrogens is 400 g/mol. The van der Waals surface area contributed by atoms with Crippen molar-refractivity contribution in [2.75, 3.05) is 38.7 Å². The molecule has 0 aliphatic carbocycles. The molecule has 0 radical (unpaired) electrons. The largest absolute Gasteiger partial charge is 0.497 e. The van der Waals surface area contributed by atoms with E-state index in [9.17, 15) is 0 Å². The van der Waals surface area contributed by atoms with Gasteiger partial charge in [0, 0.05) is 29.9 Å². The van der Waals surface area contributed by atoms with Crippen LogP contribution in [0.3, 0.4) is 0 Å². The molecule has 4 heteroatoms. The molecule has 0 unspecified atom stereocenters. The van der Waals surface area contributed by atoms with E-state index in [2.05, 4.69) is 77.5 Å². The third-order valence-electron chi connectivity index (χ3n) is 6.04. The molecule has 162 valence electrons. The molecule has 2 aliphatic rings. The number of rotatable bonds is 4. The third-order valence-corrected chi connectivity index (χ3v) is 7.15. The van der Waals surface area contributed by atoms with Crippen molar-refractivity contribution in [3.05, 3.63) is 83.9 Å². The number of ether oxygens (including phenoxy) is 1. The summed E-state index contributed by atoms with van der Waals surface area (Å²) in [6.45, 7) is 3.78. The molecule has 0 spiro atoms. The van der Waals surface area contributed by atoms with E-state index in [1.807, 2.05) is 23.9 Å². The summed E-state index contributed by atoms with van der Waals surface area (Å²) < 4.78 is 5.14. The predicted octanol–water partition coefficient (Wildman–Crippen LogP) is 6.39. The zero-order valence-corrected chi connectivity index (χ0v) is 19.4. The lowest BCUT2D eigenvalue weighted by Gasteiger charge is -2.21. The van der Waals surface area contributed by atoms with Crippen LogP contribution in [0.25, 0.3) is 0 Å². The van der Waals surface area contributed by atoms with Crippen LogP contribution in [0, 0.1) is 0 Å². The van der Waals surface area contributed by atoms with Crippen LogP contribution in [0.5, 0.6) is 5.75 Å². The summed E-state index contributed by atoms with van der Waals surface area (Å²) in [4.78, 5) is 6.19. The number of anilines is 2.